The Balaban J connectivity index is 2.12. The highest BCUT2D eigenvalue weighted by molar-refractivity contribution is 5.94. The molecule has 0 bridgehead atoms. The molecule has 0 saturated carbocycles. The van der Waals surface area contributed by atoms with Crippen molar-refractivity contribution in [2.45, 2.75) is 32.2 Å². The van der Waals surface area contributed by atoms with Crippen LogP contribution in [0.15, 0.2) is 24.3 Å². The first-order valence-electron chi connectivity index (χ1n) is 7.91. The largest absolute Gasteiger partial charge is 0.396 e. The highest BCUT2D eigenvalue weighted by atomic mass is 16.3. The zero-order valence-corrected chi connectivity index (χ0v) is 14.3. The first kappa shape index (κ1) is 17.0. The van der Waals surface area contributed by atoms with Crippen LogP contribution >= 0.6 is 0 Å². The average molecular weight is 304 g/mol. The molecule has 4 nitrogen and oxygen atoms in total. The third kappa shape index (κ3) is 3.50. The van der Waals surface area contributed by atoms with Gasteiger partial charge in [0.2, 0.25) is 0 Å². The first-order valence-corrected chi connectivity index (χ1v) is 7.91. The van der Waals surface area contributed by atoms with Gasteiger partial charge in [0, 0.05) is 37.2 Å². The first-order chi connectivity index (χ1) is 10.2. The van der Waals surface area contributed by atoms with E-state index in [0.29, 0.717) is 13.1 Å². The molecule has 1 heterocycles. The van der Waals surface area contributed by atoms with Gasteiger partial charge in [-0.2, -0.15) is 0 Å². The molecule has 0 unspecified atom stereocenters. The molecule has 2 rings (SSSR count). The van der Waals surface area contributed by atoms with Gasteiger partial charge in [-0.1, -0.05) is 32.9 Å². The minimum absolute atomic E-state index is 0.0586. The van der Waals surface area contributed by atoms with E-state index in [1.807, 2.05) is 43.3 Å². The van der Waals surface area contributed by atoms with Gasteiger partial charge in [-0.15, -0.1) is 0 Å². The van der Waals surface area contributed by atoms with Gasteiger partial charge in [0.25, 0.3) is 5.91 Å². The van der Waals surface area contributed by atoms with E-state index in [-0.39, 0.29) is 29.9 Å². The van der Waals surface area contributed by atoms with Crippen LogP contribution in [0.3, 0.4) is 0 Å². The van der Waals surface area contributed by atoms with Crippen molar-refractivity contribution in [2.24, 2.45) is 5.92 Å². The Labute approximate surface area is 133 Å². The molecular weight excluding hydrogens is 276 g/mol. The van der Waals surface area contributed by atoms with E-state index >= 15 is 0 Å². The van der Waals surface area contributed by atoms with Gasteiger partial charge in [-0.25, -0.2) is 0 Å². The van der Waals surface area contributed by atoms with E-state index < -0.39 is 0 Å². The Morgan fingerprint density at radius 1 is 1.23 bits per heavy atom. The predicted octanol–water partition coefficient (Wildman–Crippen LogP) is 1.98. The van der Waals surface area contributed by atoms with Gasteiger partial charge in [0.1, 0.15) is 0 Å². The number of likely N-dealkylation sites (tertiary alicyclic amines) is 1. The molecule has 1 amide bonds. The van der Waals surface area contributed by atoms with Crippen LogP contribution in [0, 0.1) is 5.92 Å². The summed E-state index contributed by atoms with van der Waals surface area (Å²) in [5.74, 6) is 0.191. The fraction of sp³-hybridized carbons (Fsp3) is 0.611. The second-order valence-corrected chi connectivity index (χ2v) is 7.51. The molecular formula is C18H28N2O2. The quantitative estimate of drug-likeness (QED) is 0.928. The summed E-state index contributed by atoms with van der Waals surface area (Å²) in [6.07, 6.45) is 0. The van der Waals surface area contributed by atoms with Gasteiger partial charge >= 0.3 is 0 Å². The third-order valence-corrected chi connectivity index (χ3v) is 4.59. The number of hydrogen-bond acceptors (Lipinski definition) is 3. The fourth-order valence-electron chi connectivity index (χ4n) is 3.08. The van der Waals surface area contributed by atoms with Gasteiger partial charge in [0.05, 0.1) is 0 Å². The number of rotatable bonds is 3. The Kier molecular flexibility index (Phi) is 4.93. The smallest absolute Gasteiger partial charge is 0.253 e. The summed E-state index contributed by atoms with van der Waals surface area (Å²) in [5, 5.41) is 9.52. The lowest BCUT2D eigenvalue weighted by molar-refractivity contribution is 0.0779. The van der Waals surface area contributed by atoms with Crippen molar-refractivity contribution in [3.63, 3.8) is 0 Å². The summed E-state index contributed by atoms with van der Waals surface area (Å²) in [6.45, 7) is 7.92. The van der Waals surface area contributed by atoms with E-state index in [4.69, 9.17) is 0 Å². The topological polar surface area (TPSA) is 43.8 Å². The second kappa shape index (κ2) is 6.39. The van der Waals surface area contributed by atoms with Crippen molar-refractivity contribution in [1.29, 1.82) is 0 Å². The van der Waals surface area contributed by atoms with E-state index in [9.17, 15) is 9.90 Å². The zero-order valence-electron chi connectivity index (χ0n) is 14.3. The lowest BCUT2D eigenvalue weighted by atomic mass is 9.86. The van der Waals surface area contributed by atoms with E-state index in [2.05, 4.69) is 25.7 Å². The number of aliphatic hydroxyl groups excluding tert-OH is 1. The summed E-state index contributed by atoms with van der Waals surface area (Å²) in [5.41, 5.74) is 2.04. The van der Waals surface area contributed by atoms with Crippen LogP contribution in [0.25, 0.3) is 0 Å². The molecule has 22 heavy (non-hydrogen) atoms. The number of amides is 1. The SMILES string of the molecule is CN(C)[C@@H]1CN(C(=O)c2ccc(C(C)(C)C)cc2)C[C@H]1CO. The molecule has 0 aliphatic carbocycles. The van der Waals surface area contributed by atoms with E-state index in [1.165, 1.54) is 5.56 Å². The molecule has 0 spiro atoms. The Morgan fingerprint density at radius 2 is 1.82 bits per heavy atom. The normalized spacial score (nSPS) is 22.4. The molecule has 2 atom stereocenters. The lowest BCUT2D eigenvalue weighted by Gasteiger charge is -2.23. The molecule has 1 N–H and O–H groups in total. The van der Waals surface area contributed by atoms with Gasteiger partial charge < -0.3 is 14.9 Å². The Hall–Kier alpha value is -1.39. The molecule has 1 aliphatic rings. The van der Waals surface area contributed by atoms with Crippen LogP contribution in [-0.4, -0.2) is 60.6 Å². The number of carbonyl (C=O) groups excluding carboxylic acids is 1. The van der Waals surface area contributed by atoms with Crippen molar-refractivity contribution < 1.29 is 9.90 Å². The van der Waals surface area contributed by atoms with Gasteiger partial charge in [-0.05, 0) is 37.2 Å². The molecule has 0 aromatic heterocycles. The van der Waals surface area contributed by atoms with Crippen LogP contribution in [0.2, 0.25) is 0 Å². The van der Waals surface area contributed by atoms with Crippen molar-refractivity contribution in [2.75, 3.05) is 33.8 Å². The summed E-state index contributed by atoms with van der Waals surface area (Å²) >= 11 is 0. The second-order valence-electron chi connectivity index (χ2n) is 7.51. The maximum atomic E-state index is 12.7. The van der Waals surface area contributed by atoms with E-state index in [0.717, 1.165) is 5.56 Å². The highest BCUT2D eigenvalue weighted by Crippen LogP contribution is 2.25. The number of benzene rings is 1. The number of nitrogens with zero attached hydrogens (tertiary/aromatic N) is 2. The molecule has 1 fully saturated rings. The number of aliphatic hydroxyl groups is 1. The average Bonchev–Trinajstić information content (AvgIpc) is 2.90. The number of hydrogen-bond donors (Lipinski definition) is 1. The lowest BCUT2D eigenvalue weighted by Crippen LogP contribution is -2.37. The molecule has 1 aromatic rings. The summed E-state index contributed by atoms with van der Waals surface area (Å²) in [6, 6.07) is 8.13. The minimum Gasteiger partial charge on any atom is -0.396 e. The molecule has 4 heteroatoms. The van der Waals surface area contributed by atoms with Crippen molar-refractivity contribution >= 4 is 5.91 Å². The van der Waals surface area contributed by atoms with Crippen molar-refractivity contribution in [3.05, 3.63) is 35.4 Å². The highest BCUT2D eigenvalue weighted by Gasteiger charge is 2.36. The third-order valence-electron chi connectivity index (χ3n) is 4.59. The monoisotopic (exact) mass is 304 g/mol. The maximum Gasteiger partial charge on any atom is 0.253 e. The molecule has 0 radical (unpaired) electrons. The molecule has 122 valence electrons. The molecule has 1 aliphatic heterocycles. The Morgan fingerprint density at radius 3 is 2.23 bits per heavy atom. The van der Waals surface area contributed by atoms with Crippen LogP contribution < -0.4 is 0 Å². The molecule has 1 saturated heterocycles. The standard InChI is InChI=1S/C18H28N2O2/c1-18(2,3)15-8-6-13(7-9-15)17(22)20-10-14(12-21)16(11-20)19(4)5/h6-9,14,16,21H,10-12H2,1-5H3/t14-,16+/m0/s1. The fourth-order valence-corrected chi connectivity index (χ4v) is 3.08. The van der Waals surface area contributed by atoms with Crippen LogP contribution in [0.5, 0.6) is 0 Å². The number of likely N-dealkylation sites (N-methyl/N-ethyl adjacent to an activating group) is 1. The van der Waals surface area contributed by atoms with Gasteiger partial charge in [-0.3, -0.25) is 4.79 Å². The van der Waals surface area contributed by atoms with E-state index in [1.54, 1.807) is 0 Å². The summed E-state index contributed by atoms with van der Waals surface area (Å²) in [4.78, 5) is 16.6. The minimum atomic E-state index is 0.0586. The predicted molar refractivity (Wildman–Crippen MR) is 89.1 cm³/mol. The van der Waals surface area contributed by atoms with Crippen LogP contribution in [-0.2, 0) is 5.41 Å². The summed E-state index contributed by atoms with van der Waals surface area (Å²) < 4.78 is 0. The Bertz CT molecular complexity index is 517. The molecule has 1 aromatic carbocycles. The van der Waals surface area contributed by atoms with Gasteiger partial charge in [0.15, 0.2) is 0 Å². The summed E-state index contributed by atoms with van der Waals surface area (Å²) in [7, 11) is 4.00. The maximum absolute atomic E-state index is 12.7. The van der Waals surface area contributed by atoms with Crippen LogP contribution in [0.4, 0.5) is 0 Å². The van der Waals surface area contributed by atoms with Crippen molar-refractivity contribution in [1.82, 2.24) is 9.80 Å². The zero-order chi connectivity index (χ0) is 16.5. The number of carbonyl (C=O) groups is 1. The van der Waals surface area contributed by atoms with Crippen molar-refractivity contribution in [3.8, 4) is 0 Å². The van der Waals surface area contributed by atoms with Crippen LogP contribution in [0.1, 0.15) is 36.7 Å².